The van der Waals surface area contributed by atoms with Gasteiger partial charge in [-0.15, -0.1) is 0 Å². The quantitative estimate of drug-likeness (QED) is 0.658. The van der Waals surface area contributed by atoms with Crippen molar-refractivity contribution in [2.24, 2.45) is 17.8 Å². The summed E-state index contributed by atoms with van der Waals surface area (Å²) in [5, 5.41) is 9.53. The molecule has 2 aliphatic carbocycles. The fourth-order valence-corrected chi connectivity index (χ4v) is 4.41. The minimum atomic E-state index is -0.783. The summed E-state index contributed by atoms with van der Waals surface area (Å²) < 4.78 is 13.2. The van der Waals surface area contributed by atoms with E-state index in [1.807, 2.05) is 28.8 Å². The van der Waals surface area contributed by atoms with Gasteiger partial charge in [-0.25, -0.2) is 15.0 Å². The Morgan fingerprint density at radius 1 is 1.21 bits per heavy atom. The van der Waals surface area contributed by atoms with Gasteiger partial charge < -0.3 is 24.9 Å². The van der Waals surface area contributed by atoms with Gasteiger partial charge in [-0.3, -0.25) is 4.79 Å². The third-order valence-electron chi connectivity index (χ3n) is 5.84. The van der Waals surface area contributed by atoms with E-state index in [0.717, 1.165) is 11.3 Å². The molecule has 2 aromatic heterocycles. The van der Waals surface area contributed by atoms with Gasteiger partial charge in [0.05, 0.1) is 38.1 Å². The molecule has 0 radical (unpaired) electrons. The first-order valence-electron chi connectivity index (χ1n) is 9.00. The van der Waals surface area contributed by atoms with E-state index in [2.05, 4.69) is 15.0 Å². The third kappa shape index (κ3) is 2.43. The second-order valence-corrected chi connectivity index (χ2v) is 7.22. The molecule has 28 heavy (non-hydrogen) atoms. The molecule has 1 aromatic carbocycles. The number of methoxy groups -OCH3 is 1. The molecule has 5 atom stereocenters. The van der Waals surface area contributed by atoms with Gasteiger partial charge in [-0.05, 0) is 17.7 Å². The molecule has 0 spiro atoms. The number of ether oxygens (including phenoxy) is 2. The molecule has 3 N–H and O–H groups in total. The van der Waals surface area contributed by atoms with Gasteiger partial charge in [0.15, 0.2) is 11.5 Å². The van der Waals surface area contributed by atoms with Crippen molar-refractivity contribution in [2.45, 2.75) is 18.8 Å². The number of anilines is 1. The number of aliphatic carboxylic acids is 1. The number of carboxylic acids is 1. The molecule has 0 bridgehead atoms. The van der Waals surface area contributed by atoms with E-state index in [0.29, 0.717) is 23.6 Å². The molecule has 0 amide bonds. The first-order chi connectivity index (χ1) is 13.6. The Kier molecular flexibility index (Phi) is 3.73. The van der Waals surface area contributed by atoms with E-state index < -0.39 is 11.9 Å². The number of imidazole rings is 1. The van der Waals surface area contributed by atoms with Crippen LogP contribution in [0.4, 0.5) is 5.82 Å². The van der Waals surface area contributed by atoms with Crippen molar-refractivity contribution in [3.8, 4) is 5.75 Å². The molecule has 2 aliphatic rings. The molecule has 9 heteroatoms. The van der Waals surface area contributed by atoms with Gasteiger partial charge in [0.25, 0.3) is 0 Å². The number of carbonyl (C=O) groups is 1. The summed E-state index contributed by atoms with van der Waals surface area (Å²) in [6.45, 7) is 0.393. The summed E-state index contributed by atoms with van der Waals surface area (Å²) in [7, 11) is 1.62. The van der Waals surface area contributed by atoms with Crippen molar-refractivity contribution in [1.29, 1.82) is 0 Å². The number of rotatable bonds is 6. The molecule has 2 saturated carbocycles. The monoisotopic (exact) mass is 381 g/mol. The van der Waals surface area contributed by atoms with Crippen molar-refractivity contribution in [2.75, 3.05) is 12.8 Å². The Bertz CT molecular complexity index is 1050. The lowest BCUT2D eigenvalue weighted by Crippen LogP contribution is -2.39. The molecule has 0 aliphatic heterocycles. The van der Waals surface area contributed by atoms with Gasteiger partial charge in [0, 0.05) is 11.8 Å². The number of benzene rings is 1. The van der Waals surface area contributed by atoms with Crippen molar-refractivity contribution in [3.63, 3.8) is 0 Å². The van der Waals surface area contributed by atoms with E-state index in [4.69, 9.17) is 15.2 Å². The highest BCUT2D eigenvalue weighted by atomic mass is 16.5. The number of nitrogens with zero attached hydrogens (tertiary/aromatic N) is 4. The van der Waals surface area contributed by atoms with Crippen LogP contribution in [0.5, 0.6) is 5.75 Å². The van der Waals surface area contributed by atoms with Crippen LogP contribution in [0, 0.1) is 17.8 Å². The fourth-order valence-electron chi connectivity index (χ4n) is 4.41. The van der Waals surface area contributed by atoms with Crippen molar-refractivity contribution in [1.82, 2.24) is 19.5 Å². The van der Waals surface area contributed by atoms with Gasteiger partial charge in [0.1, 0.15) is 17.6 Å². The van der Waals surface area contributed by atoms with Crippen LogP contribution in [0.25, 0.3) is 11.2 Å². The van der Waals surface area contributed by atoms with E-state index in [9.17, 15) is 9.90 Å². The lowest BCUT2D eigenvalue weighted by molar-refractivity contribution is -0.139. The van der Waals surface area contributed by atoms with Crippen molar-refractivity contribution >= 4 is 23.0 Å². The highest BCUT2D eigenvalue weighted by molar-refractivity contribution is 5.82. The molecule has 144 valence electrons. The average Bonchev–Trinajstić information content (AvgIpc) is 3.15. The van der Waals surface area contributed by atoms with Crippen LogP contribution < -0.4 is 10.5 Å². The van der Waals surface area contributed by atoms with Crippen LogP contribution in [0.3, 0.4) is 0 Å². The molecular weight excluding hydrogens is 362 g/mol. The summed E-state index contributed by atoms with van der Waals surface area (Å²) in [4.78, 5) is 24.2. The molecule has 3 aromatic rings. The zero-order chi connectivity index (χ0) is 19.4. The molecule has 0 saturated heterocycles. The zero-order valence-corrected chi connectivity index (χ0v) is 15.1. The summed E-state index contributed by atoms with van der Waals surface area (Å²) in [5.74, 6) is -0.0671. The second-order valence-electron chi connectivity index (χ2n) is 7.22. The lowest BCUT2D eigenvalue weighted by atomic mass is 9.88. The minimum absolute atomic E-state index is 0.0115. The number of nitrogen functional groups attached to an aromatic ring is 1. The topological polar surface area (TPSA) is 125 Å². The first-order valence-corrected chi connectivity index (χ1v) is 9.00. The van der Waals surface area contributed by atoms with E-state index in [1.165, 1.54) is 6.33 Å². The highest BCUT2D eigenvalue weighted by Crippen LogP contribution is 2.68. The molecule has 2 heterocycles. The third-order valence-corrected chi connectivity index (χ3v) is 5.84. The number of nitrogens with two attached hydrogens (primary N) is 1. The summed E-state index contributed by atoms with van der Waals surface area (Å²) in [6, 6.07) is 7.49. The maximum Gasteiger partial charge on any atom is 0.307 e. The second kappa shape index (κ2) is 6.16. The Balaban J connectivity index is 1.41. The maximum absolute atomic E-state index is 11.6. The van der Waals surface area contributed by atoms with Crippen molar-refractivity contribution < 1.29 is 19.4 Å². The van der Waals surface area contributed by atoms with Gasteiger partial charge in [-0.1, -0.05) is 12.1 Å². The molecule has 1 unspecified atom stereocenters. The van der Waals surface area contributed by atoms with Gasteiger partial charge in [0.2, 0.25) is 0 Å². The van der Waals surface area contributed by atoms with E-state index in [-0.39, 0.29) is 24.0 Å². The average molecular weight is 381 g/mol. The Morgan fingerprint density at radius 2 is 2.00 bits per heavy atom. The lowest BCUT2D eigenvalue weighted by Gasteiger charge is -2.36. The number of hydrogen-bond donors (Lipinski definition) is 2. The van der Waals surface area contributed by atoms with Gasteiger partial charge in [-0.2, -0.15) is 0 Å². The number of aromatic nitrogens is 4. The predicted octanol–water partition coefficient (Wildman–Crippen LogP) is 1.50. The van der Waals surface area contributed by atoms with Crippen LogP contribution >= 0.6 is 0 Å². The standard InChI is InChI=1S/C19H19N5O4/c1-27-10-4-2-9(3-5-10)6-28-16-12-11(13(12)19(25)26)15(16)24-8-23-14-17(20)21-7-22-18(14)24/h2-5,7-8,11-13,15-16H,6H2,1H3,(H,25,26)(H2,20,21,22)/t11?,12-,13+,15-,16+/m1/s1. The molecule has 5 rings (SSSR count). The van der Waals surface area contributed by atoms with Crippen molar-refractivity contribution in [3.05, 3.63) is 42.5 Å². The number of carboxylic acid groups (broad SMARTS) is 1. The van der Waals surface area contributed by atoms with E-state index >= 15 is 0 Å². The van der Waals surface area contributed by atoms with Crippen LogP contribution in [0.2, 0.25) is 0 Å². The largest absolute Gasteiger partial charge is 0.497 e. The van der Waals surface area contributed by atoms with Crippen LogP contribution in [-0.4, -0.2) is 43.8 Å². The number of fused-ring (bicyclic) bond motifs is 2. The summed E-state index contributed by atoms with van der Waals surface area (Å²) >= 11 is 0. The highest BCUT2D eigenvalue weighted by Gasteiger charge is 2.74. The minimum Gasteiger partial charge on any atom is -0.497 e. The molecular formula is C19H19N5O4. The Labute approximate surface area is 160 Å². The Morgan fingerprint density at radius 3 is 2.71 bits per heavy atom. The van der Waals surface area contributed by atoms with Gasteiger partial charge >= 0.3 is 5.97 Å². The summed E-state index contributed by atoms with van der Waals surface area (Å²) in [6.07, 6.45) is 2.82. The normalized spacial score (nSPS) is 27.8. The first kappa shape index (κ1) is 16.9. The van der Waals surface area contributed by atoms with Crippen LogP contribution in [-0.2, 0) is 16.1 Å². The number of hydrogen-bond acceptors (Lipinski definition) is 7. The fraction of sp³-hybridized carbons (Fsp3) is 0.368. The predicted molar refractivity (Wildman–Crippen MR) is 98.4 cm³/mol. The van der Waals surface area contributed by atoms with Crippen LogP contribution in [0.15, 0.2) is 36.9 Å². The zero-order valence-electron chi connectivity index (χ0n) is 15.1. The van der Waals surface area contributed by atoms with Crippen LogP contribution in [0.1, 0.15) is 11.6 Å². The summed E-state index contributed by atoms with van der Waals surface area (Å²) in [5.41, 5.74) is 8.00. The van der Waals surface area contributed by atoms with E-state index in [1.54, 1.807) is 13.4 Å². The SMILES string of the molecule is COc1ccc(CO[C@H]2[C@@H]3C([C@H]2n2cnc4c(N)ncnc42)[C@@H]3C(=O)O)cc1. The smallest absolute Gasteiger partial charge is 0.307 e. The molecule has 2 fully saturated rings. The molecule has 9 nitrogen and oxygen atoms in total. The Hall–Kier alpha value is -3.20. The maximum atomic E-state index is 11.6.